The van der Waals surface area contributed by atoms with Crippen molar-refractivity contribution in [1.82, 2.24) is 0 Å². The number of aryl methyl sites for hydroxylation is 1. The largest absolute Gasteiger partial charge is 0.424 e. The van der Waals surface area contributed by atoms with Gasteiger partial charge in [0.15, 0.2) is 5.60 Å². The monoisotopic (exact) mass is 352 g/mol. The van der Waals surface area contributed by atoms with E-state index in [1.54, 1.807) is 12.1 Å². The third kappa shape index (κ3) is 5.70. The maximum atomic E-state index is 12.3. The predicted octanol–water partition coefficient (Wildman–Crippen LogP) is 5.33. The second-order valence-corrected chi connectivity index (χ2v) is 7.09. The van der Waals surface area contributed by atoms with Crippen LogP contribution < -0.4 is 4.74 Å². The fourth-order valence-electron chi connectivity index (χ4n) is 3.23. The van der Waals surface area contributed by atoms with Crippen LogP contribution in [0.2, 0.25) is 0 Å². The molecule has 0 aliphatic carbocycles. The summed E-state index contributed by atoms with van der Waals surface area (Å²) in [7, 11) is 0. The van der Waals surface area contributed by atoms with Crippen molar-refractivity contribution in [3.05, 3.63) is 66.2 Å². The van der Waals surface area contributed by atoms with Gasteiger partial charge in [-0.15, -0.1) is 0 Å². The van der Waals surface area contributed by atoms with Crippen molar-refractivity contribution in [1.29, 1.82) is 0 Å². The Morgan fingerprint density at radius 1 is 0.846 bits per heavy atom. The van der Waals surface area contributed by atoms with Gasteiger partial charge in [-0.3, -0.25) is 0 Å². The Kier molecular flexibility index (Phi) is 6.84. The van der Waals surface area contributed by atoms with Crippen molar-refractivity contribution in [3.63, 3.8) is 0 Å². The summed E-state index contributed by atoms with van der Waals surface area (Å²) in [5.41, 5.74) is 0.751. The topological polar surface area (TPSA) is 38.8 Å². The number of esters is 1. The van der Waals surface area contributed by atoms with Crippen molar-refractivity contribution >= 4 is 5.97 Å². The lowest BCUT2D eigenvalue weighted by atomic mass is 10.00. The summed E-state index contributed by atoms with van der Waals surface area (Å²) in [6.45, 7) is 0.496. The van der Waals surface area contributed by atoms with E-state index in [4.69, 9.17) is 9.47 Å². The van der Waals surface area contributed by atoms with Crippen molar-refractivity contribution in [2.45, 2.75) is 57.0 Å². The Morgan fingerprint density at radius 2 is 1.42 bits per heavy atom. The van der Waals surface area contributed by atoms with Crippen LogP contribution in [0.25, 0.3) is 0 Å². The molecule has 0 saturated carbocycles. The van der Waals surface area contributed by atoms with E-state index in [0.717, 1.165) is 19.3 Å². The first kappa shape index (κ1) is 18.7. The molecule has 2 aromatic rings. The highest BCUT2D eigenvalue weighted by atomic mass is 16.6. The van der Waals surface area contributed by atoms with Crippen LogP contribution in [-0.4, -0.2) is 18.2 Å². The number of ether oxygens (including phenoxy) is 2. The summed E-state index contributed by atoms with van der Waals surface area (Å²) in [6, 6.07) is 19.9. The third-order valence-corrected chi connectivity index (χ3v) is 4.96. The smallest absolute Gasteiger partial charge is 0.346 e. The third-order valence-electron chi connectivity index (χ3n) is 4.96. The van der Waals surface area contributed by atoms with Gasteiger partial charge < -0.3 is 9.47 Å². The highest BCUT2D eigenvalue weighted by molar-refractivity contribution is 5.84. The molecule has 0 radical (unpaired) electrons. The highest BCUT2D eigenvalue weighted by Crippen LogP contribution is 2.35. The van der Waals surface area contributed by atoms with Crippen LogP contribution in [0.15, 0.2) is 60.7 Å². The SMILES string of the molecule is O=C(Oc1ccccc1)C1(CCCCCCCCc2ccccc2)CO1. The number of rotatable bonds is 11. The molecule has 1 unspecified atom stereocenters. The van der Waals surface area contributed by atoms with Gasteiger partial charge in [0, 0.05) is 0 Å². The molecule has 2 aromatic carbocycles. The molecule has 138 valence electrons. The number of para-hydroxylation sites is 1. The highest BCUT2D eigenvalue weighted by Gasteiger charge is 2.53. The lowest BCUT2D eigenvalue weighted by molar-refractivity contribution is -0.140. The molecule has 0 spiro atoms. The number of unbranched alkanes of at least 4 members (excludes halogenated alkanes) is 5. The van der Waals surface area contributed by atoms with Crippen molar-refractivity contribution in [2.24, 2.45) is 0 Å². The summed E-state index contributed by atoms with van der Waals surface area (Å²) in [5, 5.41) is 0. The molecule has 0 amide bonds. The zero-order chi connectivity index (χ0) is 18.1. The average molecular weight is 352 g/mol. The minimum atomic E-state index is -0.677. The molecule has 0 N–H and O–H groups in total. The van der Waals surface area contributed by atoms with Crippen molar-refractivity contribution in [3.8, 4) is 5.75 Å². The van der Waals surface area contributed by atoms with E-state index in [9.17, 15) is 4.79 Å². The Morgan fingerprint density at radius 3 is 2.08 bits per heavy atom. The van der Waals surface area contributed by atoms with Crippen LogP contribution in [0.1, 0.15) is 50.5 Å². The second kappa shape index (κ2) is 9.54. The standard InChI is InChI=1S/C23H28O3/c24-22(26-21-16-10-6-11-17-21)23(19-25-23)18-12-4-2-1-3-7-13-20-14-8-5-9-15-20/h5-6,8-11,14-17H,1-4,7,12-13,18-19H2. The Hall–Kier alpha value is -2.13. The molecule has 1 atom stereocenters. The van der Waals surface area contributed by atoms with E-state index in [1.807, 2.05) is 18.2 Å². The normalized spacial score (nSPS) is 18.5. The molecule has 1 heterocycles. The van der Waals surface area contributed by atoms with E-state index < -0.39 is 5.60 Å². The zero-order valence-corrected chi connectivity index (χ0v) is 15.4. The summed E-state index contributed by atoms with van der Waals surface area (Å²) < 4.78 is 10.9. The first-order chi connectivity index (χ1) is 12.8. The number of carbonyl (C=O) groups excluding carboxylic acids is 1. The van der Waals surface area contributed by atoms with E-state index in [1.165, 1.54) is 37.7 Å². The Bertz CT molecular complexity index is 662. The molecule has 1 saturated heterocycles. The van der Waals surface area contributed by atoms with E-state index in [2.05, 4.69) is 30.3 Å². The van der Waals surface area contributed by atoms with E-state index >= 15 is 0 Å². The van der Waals surface area contributed by atoms with Crippen LogP contribution in [0.4, 0.5) is 0 Å². The molecule has 1 aliphatic heterocycles. The van der Waals surface area contributed by atoms with E-state index in [-0.39, 0.29) is 5.97 Å². The molecule has 0 aromatic heterocycles. The minimum Gasteiger partial charge on any atom is -0.424 e. The molecular formula is C23H28O3. The van der Waals surface area contributed by atoms with Gasteiger partial charge in [-0.1, -0.05) is 74.2 Å². The van der Waals surface area contributed by atoms with Gasteiger partial charge in [-0.05, 0) is 43.4 Å². The Balaban J connectivity index is 1.25. The first-order valence-corrected chi connectivity index (χ1v) is 9.74. The van der Waals surface area contributed by atoms with Gasteiger partial charge in [-0.2, -0.15) is 0 Å². The Labute approximate surface area is 156 Å². The molecular weight excluding hydrogens is 324 g/mol. The van der Waals surface area contributed by atoms with Crippen molar-refractivity contribution < 1.29 is 14.3 Å². The lowest BCUT2D eigenvalue weighted by Crippen LogP contribution is -2.29. The number of epoxide rings is 1. The summed E-state index contributed by atoms with van der Waals surface area (Å²) in [5.74, 6) is 0.345. The summed E-state index contributed by atoms with van der Waals surface area (Å²) in [6.07, 6.45) is 9.10. The van der Waals surface area contributed by atoms with Gasteiger partial charge in [0.25, 0.3) is 0 Å². The average Bonchev–Trinajstić information content (AvgIpc) is 3.47. The lowest BCUT2D eigenvalue weighted by Gasteiger charge is -2.11. The van der Waals surface area contributed by atoms with Crippen molar-refractivity contribution in [2.75, 3.05) is 6.61 Å². The van der Waals surface area contributed by atoms with Crippen LogP contribution in [0.3, 0.4) is 0 Å². The number of benzene rings is 2. The fraction of sp³-hybridized carbons (Fsp3) is 0.435. The molecule has 3 rings (SSSR count). The molecule has 26 heavy (non-hydrogen) atoms. The maximum absolute atomic E-state index is 12.3. The predicted molar refractivity (Wildman–Crippen MR) is 103 cm³/mol. The molecule has 1 aliphatic rings. The molecule has 3 nitrogen and oxygen atoms in total. The van der Waals surface area contributed by atoms with Gasteiger partial charge in [0.2, 0.25) is 0 Å². The van der Waals surface area contributed by atoms with Gasteiger partial charge in [0.1, 0.15) is 5.75 Å². The number of hydrogen-bond acceptors (Lipinski definition) is 3. The number of carbonyl (C=O) groups is 1. The van der Waals surface area contributed by atoms with Gasteiger partial charge in [-0.25, -0.2) is 4.79 Å². The van der Waals surface area contributed by atoms with Crippen LogP contribution in [-0.2, 0) is 16.0 Å². The summed E-state index contributed by atoms with van der Waals surface area (Å²) >= 11 is 0. The van der Waals surface area contributed by atoms with Crippen LogP contribution in [0, 0.1) is 0 Å². The second-order valence-electron chi connectivity index (χ2n) is 7.09. The van der Waals surface area contributed by atoms with Gasteiger partial charge in [0.05, 0.1) is 6.61 Å². The number of hydrogen-bond donors (Lipinski definition) is 0. The van der Waals surface area contributed by atoms with Crippen LogP contribution >= 0.6 is 0 Å². The zero-order valence-electron chi connectivity index (χ0n) is 15.4. The minimum absolute atomic E-state index is 0.244. The summed E-state index contributed by atoms with van der Waals surface area (Å²) in [4.78, 5) is 12.3. The van der Waals surface area contributed by atoms with Gasteiger partial charge >= 0.3 is 5.97 Å². The molecule has 1 fully saturated rings. The first-order valence-electron chi connectivity index (χ1n) is 9.74. The maximum Gasteiger partial charge on any atom is 0.346 e. The van der Waals surface area contributed by atoms with Crippen LogP contribution in [0.5, 0.6) is 5.75 Å². The quantitative estimate of drug-likeness (QED) is 0.237. The molecule has 3 heteroatoms. The van der Waals surface area contributed by atoms with E-state index in [0.29, 0.717) is 12.4 Å². The molecule has 0 bridgehead atoms. The fourth-order valence-corrected chi connectivity index (χ4v) is 3.23.